The second-order valence-corrected chi connectivity index (χ2v) is 11.7. The van der Waals surface area contributed by atoms with Gasteiger partial charge in [-0.1, -0.05) is 170 Å². The quantitative estimate of drug-likeness (QED) is 0.179. The molecule has 226 valence electrons. The van der Waals surface area contributed by atoms with Crippen LogP contribution in [-0.4, -0.2) is 15.0 Å². The maximum Gasteiger partial charge on any atom is 0.164 e. The average Bonchev–Trinajstić information content (AvgIpc) is 3.19. The van der Waals surface area contributed by atoms with Crippen molar-refractivity contribution < 1.29 is 0 Å². The molecule has 1 heterocycles. The fraction of sp³-hybridized carbons (Fsp3) is 0. The van der Waals surface area contributed by atoms with Gasteiger partial charge in [-0.3, -0.25) is 0 Å². The van der Waals surface area contributed by atoms with E-state index in [-0.39, 0.29) is 0 Å². The molecule has 3 heteroatoms. The van der Waals surface area contributed by atoms with Crippen molar-refractivity contribution >= 4 is 0 Å². The smallest absolute Gasteiger partial charge is 0.164 e. The van der Waals surface area contributed by atoms with E-state index in [9.17, 15) is 0 Å². The van der Waals surface area contributed by atoms with E-state index in [4.69, 9.17) is 15.0 Å². The monoisotopic (exact) mass is 613 g/mol. The zero-order chi connectivity index (χ0) is 32.1. The Balaban J connectivity index is 1.16. The van der Waals surface area contributed by atoms with Gasteiger partial charge >= 0.3 is 0 Å². The summed E-state index contributed by atoms with van der Waals surface area (Å²) in [4.78, 5) is 15.0. The molecule has 8 aromatic rings. The van der Waals surface area contributed by atoms with E-state index in [1.54, 1.807) is 0 Å². The summed E-state index contributed by atoms with van der Waals surface area (Å²) in [6.45, 7) is 0. The summed E-state index contributed by atoms with van der Waals surface area (Å²) >= 11 is 0. The van der Waals surface area contributed by atoms with Crippen LogP contribution in [0.1, 0.15) is 0 Å². The van der Waals surface area contributed by atoms with E-state index in [1.807, 2.05) is 42.5 Å². The lowest BCUT2D eigenvalue weighted by Gasteiger charge is -2.11. The van der Waals surface area contributed by atoms with Crippen LogP contribution >= 0.6 is 0 Å². The molecule has 0 spiro atoms. The summed E-state index contributed by atoms with van der Waals surface area (Å²) in [6.07, 6.45) is 0. The molecule has 0 bridgehead atoms. The molecule has 48 heavy (non-hydrogen) atoms. The maximum atomic E-state index is 5.03. The van der Waals surface area contributed by atoms with Gasteiger partial charge in [-0.2, -0.15) is 0 Å². The molecule has 8 rings (SSSR count). The van der Waals surface area contributed by atoms with Crippen molar-refractivity contribution in [2.45, 2.75) is 0 Å². The van der Waals surface area contributed by atoms with Crippen molar-refractivity contribution in [1.29, 1.82) is 0 Å². The second-order valence-electron chi connectivity index (χ2n) is 11.7. The molecule has 0 N–H and O–H groups in total. The third kappa shape index (κ3) is 6.18. The fourth-order valence-electron chi connectivity index (χ4n) is 6.02. The van der Waals surface area contributed by atoms with Gasteiger partial charge in [-0.05, 0) is 62.7 Å². The zero-order valence-corrected chi connectivity index (χ0v) is 26.2. The summed E-state index contributed by atoms with van der Waals surface area (Å²) in [5, 5.41) is 0. The molecule has 0 aliphatic heterocycles. The van der Waals surface area contributed by atoms with E-state index < -0.39 is 0 Å². The number of aromatic nitrogens is 3. The standard InChI is InChI=1S/C45H31N3/c1-4-13-32(14-5-1)37-19-10-21-39(29-37)34-25-27-36(28-26-34)44-46-43(35-17-8-3-9-18-35)47-45(48-44)42-24-12-23-41(31-42)40-22-11-20-38(30-40)33-15-6-2-7-16-33/h1-31H. The molecule has 3 nitrogen and oxygen atoms in total. The van der Waals surface area contributed by atoms with E-state index in [0.717, 1.165) is 38.9 Å². The van der Waals surface area contributed by atoms with Crippen LogP contribution in [0, 0.1) is 0 Å². The SMILES string of the molecule is c1ccc(-c2cccc(-c3ccc(-c4nc(-c5ccccc5)nc(-c5cccc(-c6cccc(-c7ccccc7)c6)c5)n4)cc3)c2)cc1. The number of nitrogens with zero attached hydrogens (tertiary/aromatic N) is 3. The van der Waals surface area contributed by atoms with Crippen LogP contribution in [0.15, 0.2) is 188 Å². The number of hydrogen-bond donors (Lipinski definition) is 0. The minimum Gasteiger partial charge on any atom is -0.208 e. The van der Waals surface area contributed by atoms with Crippen molar-refractivity contribution in [2.75, 3.05) is 0 Å². The molecule has 0 aliphatic rings. The number of hydrogen-bond acceptors (Lipinski definition) is 3. The molecule has 7 aromatic carbocycles. The van der Waals surface area contributed by atoms with E-state index in [0.29, 0.717) is 17.5 Å². The highest BCUT2D eigenvalue weighted by molar-refractivity contribution is 5.78. The van der Waals surface area contributed by atoms with Crippen LogP contribution in [0.3, 0.4) is 0 Å². The summed E-state index contributed by atoms with van der Waals surface area (Å²) in [6, 6.07) is 65.3. The van der Waals surface area contributed by atoms with Crippen molar-refractivity contribution in [3.8, 4) is 78.7 Å². The predicted octanol–water partition coefficient (Wildman–Crippen LogP) is 11.5. The molecule has 1 aromatic heterocycles. The lowest BCUT2D eigenvalue weighted by atomic mass is 9.98. The van der Waals surface area contributed by atoms with Gasteiger partial charge in [-0.15, -0.1) is 0 Å². The molecule has 0 unspecified atom stereocenters. The Hall–Kier alpha value is -6.45. The zero-order valence-electron chi connectivity index (χ0n) is 26.2. The van der Waals surface area contributed by atoms with Crippen LogP contribution in [-0.2, 0) is 0 Å². The average molecular weight is 614 g/mol. The third-order valence-electron chi connectivity index (χ3n) is 8.54. The second kappa shape index (κ2) is 13.1. The minimum atomic E-state index is 0.638. The van der Waals surface area contributed by atoms with E-state index in [2.05, 4.69) is 146 Å². The Labute approximate surface area is 280 Å². The summed E-state index contributed by atoms with van der Waals surface area (Å²) in [5.74, 6) is 1.92. The highest BCUT2D eigenvalue weighted by atomic mass is 15.0. The van der Waals surface area contributed by atoms with Gasteiger partial charge in [0.25, 0.3) is 0 Å². The van der Waals surface area contributed by atoms with Gasteiger partial charge in [-0.25, -0.2) is 15.0 Å². The van der Waals surface area contributed by atoms with Crippen LogP contribution in [0.2, 0.25) is 0 Å². The highest BCUT2D eigenvalue weighted by Gasteiger charge is 2.14. The Bertz CT molecular complexity index is 2310. The van der Waals surface area contributed by atoms with Crippen molar-refractivity contribution in [3.63, 3.8) is 0 Å². The van der Waals surface area contributed by atoms with Gasteiger partial charge < -0.3 is 0 Å². The topological polar surface area (TPSA) is 38.7 Å². The van der Waals surface area contributed by atoms with Crippen molar-refractivity contribution in [1.82, 2.24) is 15.0 Å². The van der Waals surface area contributed by atoms with Crippen LogP contribution in [0.4, 0.5) is 0 Å². The Morgan fingerprint density at radius 3 is 0.875 bits per heavy atom. The number of rotatable bonds is 7. The van der Waals surface area contributed by atoms with E-state index >= 15 is 0 Å². The summed E-state index contributed by atoms with van der Waals surface area (Å²) < 4.78 is 0. The molecule has 0 atom stereocenters. The summed E-state index contributed by atoms with van der Waals surface area (Å²) in [7, 11) is 0. The van der Waals surface area contributed by atoms with Gasteiger partial charge in [0.1, 0.15) is 0 Å². The first-order chi connectivity index (χ1) is 23.8. The van der Waals surface area contributed by atoms with Gasteiger partial charge in [0.15, 0.2) is 17.5 Å². The van der Waals surface area contributed by atoms with Gasteiger partial charge in [0.05, 0.1) is 0 Å². The Kier molecular flexibility index (Phi) is 7.92. The lowest BCUT2D eigenvalue weighted by molar-refractivity contribution is 1.07. The maximum absolute atomic E-state index is 5.03. The van der Waals surface area contributed by atoms with Crippen molar-refractivity contribution in [2.24, 2.45) is 0 Å². The van der Waals surface area contributed by atoms with Gasteiger partial charge in [0, 0.05) is 16.7 Å². The Morgan fingerprint density at radius 1 is 0.188 bits per heavy atom. The number of benzene rings is 7. The molecule has 0 amide bonds. The molecule has 0 saturated heterocycles. The minimum absolute atomic E-state index is 0.638. The first kappa shape index (κ1) is 29.0. The Morgan fingerprint density at radius 2 is 0.438 bits per heavy atom. The molecule has 0 radical (unpaired) electrons. The van der Waals surface area contributed by atoms with Crippen LogP contribution in [0.5, 0.6) is 0 Å². The normalized spacial score (nSPS) is 10.9. The molecule has 0 saturated carbocycles. The van der Waals surface area contributed by atoms with E-state index in [1.165, 1.54) is 22.3 Å². The van der Waals surface area contributed by atoms with Crippen LogP contribution in [0.25, 0.3) is 78.7 Å². The third-order valence-corrected chi connectivity index (χ3v) is 8.54. The molecular formula is C45H31N3. The molecule has 0 aliphatic carbocycles. The first-order valence-electron chi connectivity index (χ1n) is 16.1. The largest absolute Gasteiger partial charge is 0.208 e. The highest BCUT2D eigenvalue weighted by Crippen LogP contribution is 2.32. The molecule has 0 fully saturated rings. The van der Waals surface area contributed by atoms with Crippen molar-refractivity contribution in [3.05, 3.63) is 188 Å². The first-order valence-corrected chi connectivity index (χ1v) is 16.1. The molecular weight excluding hydrogens is 583 g/mol. The summed E-state index contributed by atoms with van der Waals surface area (Å²) in [5.41, 5.74) is 12.1. The van der Waals surface area contributed by atoms with Gasteiger partial charge in [0.2, 0.25) is 0 Å². The fourth-order valence-corrected chi connectivity index (χ4v) is 6.02. The predicted molar refractivity (Wildman–Crippen MR) is 198 cm³/mol. The van der Waals surface area contributed by atoms with Crippen LogP contribution < -0.4 is 0 Å². The lowest BCUT2D eigenvalue weighted by Crippen LogP contribution is -2.00.